The highest BCUT2D eigenvalue weighted by Gasteiger charge is 2.17. The molecule has 3 aromatic rings. The molecule has 0 spiro atoms. The summed E-state index contributed by atoms with van der Waals surface area (Å²) in [5.74, 6) is 1.80. The number of benzene rings is 2. The third kappa shape index (κ3) is 4.57. The van der Waals surface area contributed by atoms with Crippen molar-refractivity contribution in [3.8, 4) is 17.2 Å². The molecule has 1 amide bonds. The topological polar surface area (TPSA) is 77.2 Å². The van der Waals surface area contributed by atoms with Crippen molar-refractivity contribution in [3.63, 3.8) is 0 Å². The molecular weight excluding hydrogens is 354 g/mol. The molecule has 6 heteroatoms. The van der Waals surface area contributed by atoms with E-state index in [4.69, 9.17) is 9.15 Å². The van der Waals surface area contributed by atoms with Crippen molar-refractivity contribution in [2.24, 2.45) is 0 Å². The molecule has 0 radical (unpaired) electrons. The summed E-state index contributed by atoms with van der Waals surface area (Å²) in [5.41, 5.74) is 3.56. The van der Waals surface area contributed by atoms with Crippen molar-refractivity contribution in [1.29, 1.82) is 0 Å². The Morgan fingerprint density at radius 1 is 1.07 bits per heavy atom. The lowest BCUT2D eigenvalue weighted by Gasteiger charge is -2.18. The molecule has 0 aliphatic rings. The lowest BCUT2D eigenvalue weighted by molar-refractivity contribution is -0.122. The van der Waals surface area contributed by atoms with Crippen molar-refractivity contribution in [1.82, 2.24) is 10.2 Å². The smallest absolute Gasteiger partial charge is 0.265 e. The molecule has 146 valence electrons. The molecule has 1 N–H and O–H groups in total. The van der Waals surface area contributed by atoms with Crippen LogP contribution in [0.25, 0.3) is 11.5 Å². The van der Waals surface area contributed by atoms with E-state index in [0.717, 1.165) is 16.9 Å². The molecule has 0 saturated carbocycles. The van der Waals surface area contributed by atoms with Gasteiger partial charge in [-0.3, -0.25) is 4.79 Å². The fraction of sp³-hybridized carbons (Fsp3) is 0.318. The summed E-state index contributed by atoms with van der Waals surface area (Å²) in [6.07, 6.45) is -0.643. The van der Waals surface area contributed by atoms with Crippen molar-refractivity contribution < 1.29 is 13.9 Å². The highest BCUT2D eigenvalue weighted by Crippen LogP contribution is 2.26. The van der Waals surface area contributed by atoms with Gasteiger partial charge >= 0.3 is 0 Å². The van der Waals surface area contributed by atoms with Crippen LogP contribution in [0.15, 0.2) is 46.9 Å². The largest absolute Gasteiger partial charge is 0.481 e. The Kier molecular flexibility index (Phi) is 5.78. The molecule has 0 fully saturated rings. The zero-order valence-corrected chi connectivity index (χ0v) is 16.8. The molecule has 6 nitrogen and oxygen atoms in total. The molecule has 3 rings (SSSR count). The minimum atomic E-state index is -0.643. The monoisotopic (exact) mass is 379 g/mol. The van der Waals surface area contributed by atoms with E-state index < -0.39 is 6.10 Å². The van der Waals surface area contributed by atoms with E-state index in [2.05, 4.69) is 35.4 Å². The van der Waals surface area contributed by atoms with Crippen LogP contribution < -0.4 is 10.1 Å². The van der Waals surface area contributed by atoms with Crippen LogP contribution >= 0.6 is 0 Å². The Labute approximate surface area is 164 Å². The number of anilines is 1. The maximum atomic E-state index is 12.6. The molecule has 0 saturated heterocycles. The Hall–Kier alpha value is -3.15. The minimum absolute atomic E-state index is 0.229. The number of carbonyl (C=O) groups excluding carboxylic acids is 1. The first-order valence-corrected chi connectivity index (χ1v) is 9.32. The molecule has 1 atom stereocenters. The van der Waals surface area contributed by atoms with Crippen molar-refractivity contribution >= 4 is 11.6 Å². The maximum absolute atomic E-state index is 12.6. The van der Waals surface area contributed by atoms with E-state index in [1.807, 2.05) is 37.3 Å². The summed E-state index contributed by atoms with van der Waals surface area (Å²) in [4.78, 5) is 12.6. The van der Waals surface area contributed by atoms with E-state index in [1.54, 1.807) is 19.9 Å². The van der Waals surface area contributed by atoms with Gasteiger partial charge in [-0.1, -0.05) is 32.0 Å². The number of nitrogens with zero attached hydrogens (tertiary/aromatic N) is 2. The van der Waals surface area contributed by atoms with Gasteiger partial charge in [0.15, 0.2) is 6.10 Å². The molecule has 0 aliphatic carbocycles. The molecule has 28 heavy (non-hydrogen) atoms. The number of aromatic nitrogens is 2. The maximum Gasteiger partial charge on any atom is 0.265 e. The lowest BCUT2D eigenvalue weighted by Crippen LogP contribution is -2.30. The van der Waals surface area contributed by atoms with Crippen molar-refractivity contribution in [2.75, 3.05) is 5.32 Å². The second-order valence-electron chi connectivity index (χ2n) is 7.14. The van der Waals surface area contributed by atoms with Crippen LogP contribution in [-0.2, 0) is 4.79 Å². The molecule has 1 heterocycles. The third-order valence-electron chi connectivity index (χ3n) is 4.45. The molecule has 0 bridgehead atoms. The van der Waals surface area contributed by atoms with E-state index >= 15 is 0 Å². The number of carbonyl (C=O) groups is 1. The van der Waals surface area contributed by atoms with E-state index in [-0.39, 0.29) is 5.91 Å². The molecule has 1 aromatic heterocycles. The van der Waals surface area contributed by atoms with Crippen LogP contribution in [0.4, 0.5) is 5.69 Å². The number of rotatable bonds is 6. The summed E-state index contributed by atoms with van der Waals surface area (Å²) in [6.45, 7) is 9.70. The highest BCUT2D eigenvalue weighted by atomic mass is 16.5. The van der Waals surface area contributed by atoms with E-state index in [9.17, 15) is 4.79 Å². The number of ether oxygens (including phenoxy) is 1. The Morgan fingerprint density at radius 2 is 1.86 bits per heavy atom. The third-order valence-corrected chi connectivity index (χ3v) is 4.45. The van der Waals surface area contributed by atoms with Gasteiger partial charge in [-0.15, -0.1) is 10.2 Å². The van der Waals surface area contributed by atoms with Gasteiger partial charge in [-0.25, -0.2) is 0 Å². The minimum Gasteiger partial charge on any atom is -0.481 e. The van der Waals surface area contributed by atoms with Gasteiger partial charge in [-0.2, -0.15) is 0 Å². The van der Waals surface area contributed by atoms with Crippen LogP contribution in [0.2, 0.25) is 0 Å². The summed E-state index contributed by atoms with van der Waals surface area (Å²) >= 11 is 0. The number of amides is 1. The van der Waals surface area contributed by atoms with Crippen LogP contribution in [0, 0.1) is 13.8 Å². The fourth-order valence-electron chi connectivity index (χ4n) is 2.73. The predicted molar refractivity (Wildman–Crippen MR) is 108 cm³/mol. The van der Waals surface area contributed by atoms with E-state index in [0.29, 0.717) is 23.4 Å². The highest BCUT2D eigenvalue weighted by molar-refractivity contribution is 5.94. The average molecular weight is 379 g/mol. The van der Waals surface area contributed by atoms with Crippen LogP contribution in [0.3, 0.4) is 0 Å². The van der Waals surface area contributed by atoms with Gasteiger partial charge < -0.3 is 14.5 Å². The molecular formula is C22H25N3O3. The van der Waals surface area contributed by atoms with Crippen LogP contribution in [-0.4, -0.2) is 22.2 Å². The first-order chi connectivity index (χ1) is 13.3. The second-order valence-corrected chi connectivity index (χ2v) is 7.14. The van der Waals surface area contributed by atoms with Gasteiger partial charge in [0.2, 0.25) is 11.8 Å². The Bertz CT molecular complexity index is 979. The first-order valence-electron chi connectivity index (χ1n) is 9.32. The zero-order chi connectivity index (χ0) is 20.3. The van der Waals surface area contributed by atoms with Crippen molar-refractivity contribution in [3.05, 3.63) is 59.5 Å². The van der Waals surface area contributed by atoms with Gasteiger partial charge in [0.1, 0.15) is 5.75 Å². The van der Waals surface area contributed by atoms with Crippen molar-refractivity contribution in [2.45, 2.75) is 46.6 Å². The number of hydrogen-bond acceptors (Lipinski definition) is 5. The quantitative estimate of drug-likeness (QED) is 0.660. The molecule has 2 aromatic carbocycles. The first kappa shape index (κ1) is 19.6. The average Bonchev–Trinajstić information content (AvgIpc) is 3.10. The van der Waals surface area contributed by atoms with Gasteiger partial charge in [0, 0.05) is 18.2 Å². The molecule has 0 unspecified atom stereocenters. The normalized spacial score (nSPS) is 12.1. The standard InChI is InChI=1S/C22H25N3O3/c1-13(2)17-10-9-14(3)20(12-17)27-15(4)21(26)23-19-8-6-7-18(11-19)22-25-24-16(5)28-22/h6-13,15H,1-5H3,(H,23,26)/t15-/m1/s1. The van der Waals surface area contributed by atoms with Crippen LogP contribution in [0.1, 0.15) is 43.7 Å². The Balaban J connectivity index is 1.70. The summed E-state index contributed by atoms with van der Waals surface area (Å²) in [5, 5.41) is 10.7. The van der Waals surface area contributed by atoms with Crippen LogP contribution in [0.5, 0.6) is 5.75 Å². The van der Waals surface area contributed by atoms with Gasteiger partial charge in [0.05, 0.1) is 0 Å². The SMILES string of the molecule is Cc1nnc(-c2cccc(NC(=O)[C@@H](C)Oc3cc(C(C)C)ccc3C)c2)o1. The predicted octanol–water partition coefficient (Wildman–Crippen LogP) is 4.88. The summed E-state index contributed by atoms with van der Waals surface area (Å²) < 4.78 is 11.4. The zero-order valence-electron chi connectivity index (χ0n) is 16.8. The Morgan fingerprint density at radius 3 is 2.54 bits per heavy atom. The second kappa shape index (κ2) is 8.25. The van der Waals surface area contributed by atoms with Gasteiger partial charge in [-0.05, 0) is 55.2 Å². The lowest BCUT2D eigenvalue weighted by atomic mass is 10.0. The number of aryl methyl sites for hydroxylation is 2. The van der Waals surface area contributed by atoms with E-state index in [1.165, 1.54) is 5.56 Å². The fourth-order valence-corrected chi connectivity index (χ4v) is 2.73. The number of hydrogen-bond donors (Lipinski definition) is 1. The summed E-state index contributed by atoms with van der Waals surface area (Å²) in [6, 6.07) is 13.4. The number of nitrogens with one attached hydrogen (secondary N) is 1. The molecule has 0 aliphatic heterocycles. The van der Waals surface area contributed by atoms with Gasteiger partial charge in [0.25, 0.3) is 5.91 Å². The summed E-state index contributed by atoms with van der Waals surface area (Å²) in [7, 11) is 0.